The number of carbonyl (C=O) groups is 1. The number of hydrogen-bond donors (Lipinski definition) is 4. The van der Waals surface area contributed by atoms with Crippen molar-refractivity contribution < 1.29 is 17.9 Å². The van der Waals surface area contributed by atoms with Crippen molar-refractivity contribution in [1.82, 2.24) is 24.2 Å². The lowest BCUT2D eigenvalue weighted by Gasteiger charge is -2.26. The van der Waals surface area contributed by atoms with Crippen LogP contribution in [0.2, 0.25) is 0 Å². The number of aromatic amines is 1. The number of morpholine rings is 1. The molecule has 3 aromatic heterocycles. The van der Waals surface area contributed by atoms with Gasteiger partial charge in [0.05, 0.1) is 36.0 Å². The van der Waals surface area contributed by atoms with Crippen LogP contribution in [0.1, 0.15) is 4.88 Å². The number of amides is 2. The SMILES string of the molecule is Cc1ccc(S(=O)(=O)NC(=O)Nc2ccc(-n3c(=O)[nH]c4cc(NCCN5CCOCC5)ccc4c3=O)nc2)s1. The number of thiophene rings is 1. The molecule has 2 amide bonds. The van der Waals surface area contributed by atoms with Crippen molar-refractivity contribution in [3.05, 3.63) is 74.4 Å². The molecule has 0 unspecified atom stereocenters. The Morgan fingerprint density at radius 2 is 1.88 bits per heavy atom. The molecule has 1 aliphatic rings. The van der Waals surface area contributed by atoms with Crippen LogP contribution in [0.4, 0.5) is 16.2 Å². The smallest absolute Gasteiger partial charge is 0.334 e. The average Bonchev–Trinajstić information content (AvgIpc) is 3.37. The van der Waals surface area contributed by atoms with E-state index in [1.165, 1.54) is 24.4 Å². The Kier molecular flexibility index (Phi) is 7.97. The Morgan fingerprint density at radius 1 is 1.10 bits per heavy atom. The maximum atomic E-state index is 13.2. The number of anilines is 2. The summed E-state index contributed by atoms with van der Waals surface area (Å²) in [4.78, 5) is 48.2. The molecule has 0 bridgehead atoms. The second-order valence-corrected chi connectivity index (χ2v) is 12.2. The third kappa shape index (κ3) is 6.22. The lowest BCUT2D eigenvalue weighted by atomic mass is 10.2. The van der Waals surface area contributed by atoms with Crippen molar-refractivity contribution in [1.29, 1.82) is 0 Å². The van der Waals surface area contributed by atoms with Crippen molar-refractivity contribution in [3.8, 4) is 5.82 Å². The molecule has 4 N–H and O–H groups in total. The minimum Gasteiger partial charge on any atom is -0.384 e. The van der Waals surface area contributed by atoms with E-state index in [1.54, 1.807) is 31.2 Å². The largest absolute Gasteiger partial charge is 0.384 e. The third-order valence-electron chi connectivity index (χ3n) is 6.20. The zero-order chi connectivity index (χ0) is 28.3. The molecule has 0 saturated carbocycles. The summed E-state index contributed by atoms with van der Waals surface area (Å²) in [5, 5.41) is 5.99. The van der Waals surface area contributed by atoms with Gasteiger partial charge in [0.2, 0.25) is 0 Å². The van der Waals surface area contributed by atoms with Crippen LogP contribution >= 0.6 is 11.3 Å². The van der Waals surface area contributed by atoms with Crippen LogP contribution in [0, 0.1) is 6.92 Å². The van der Waals surface area contributed by atoms with Crippen LogP contribution in [-0.4, -0.2) is 73.3 Å². The maximum Gasteiger partial charge on any atom is 0.334 e. The first-order valence-electron chi connectivity index (χ1n) is 12.4. The van der Waals surface area contributed by atoms with Gasteiger partial charge < -0.3 is 20.4 Å². The second-order valence-electron chi connectivity index (χ2n) is 9.04. The number of hydrogen-bond acceptors (Lipinski definition) is 10. The Bertz CT molecular complexity index is 1760. The molecule has 1 aromatic carbocycles. The highest BCUT2D eigenvalue weighted by Crippen LogP contribution is 2.20. The minimum atomic E-state index is -4.02. The van der Waals surface area contributed by atoms with Gasteiger partial charge in [-0.1, -0.05) is 0 Å². The summed E-state index contributed by atoms with van der Waals surface area (Å²) in [6.45, 7) is 6.55. The van der Waals surface area contributed by atoms with E-state index >= 15 is 0 Å². The van der Waals surface area contributed by atoms with Gasteiger partial charge in [-0.3, -0.25) is 9.69 Å². The van der Waals surface area contributed by atoms with Gasteiger partial charge in [-0.15, -0.1) is 11.3 Å². The number of nitrogens with one attached hydrogen (secondary N) is 4. The normalized spacial score (nSPS) is 14.2. The molecule has 13 nitrogen and oxygen atoms in total. The van der Waals surface area contributed by atoms with E-state index in [4.69, 9.17) is 4.74 Å². The fourth-order valence-electron chi connectivity index (χ4n) is 4.20. The lowest BCUT2D eigenvalue weighted by Crippen LogP contribution is -2.39. The highest BCUT2D eigenvalue weighted by molar-refractivity contribution is 7.92. The summed E-state index contributed by atoms with van der Waals surface area (Å²) >= 11 is 1.04. The average molecular weight is 586 g/mol. The van der Waals surface area contributed by atoms with Crippen LogP contribution < -0.4 is 26.6 Å². The number of benzene rings is 1. The van der Waals surface area contributed by atoms with Crippen LogP contribution in [0.3, 0.4) is 0 Å². The van der Waals surface area contributed by atoms with Gasteiger partial charge in [0.25, 0.3) is 15.6 Å². The van der Waals surface area contributed by atoms with Crippen molar-refractivity contribution in [2.24, 2.45) is 0 Å². The molecule has 4 aromatic rings. The zero-order valence-electron chi connectivity index (χ0n) is 21.5. The maximum absolute atomic E-state index is 13.2. The van der Waals surface area contributed by atoms with E-state index in [0.29, 0.717) is 17.4 Å². The van der Waals surface area contributed by atoms with Gasteiger partial charge in [0, 0.05) is 36.7 Å². The Labute approximate surface area is 232 Å². The van der Waals surface area contributed by atoms with E-state index in [-0.39, 0.29) is 15.7 Å². The number of aryl methyl sites for hydroxylation is 1. The molecule has 40 heavy (non-hydrogen) atoms. The van der Waals surface area contributed by atoms with Crippen molar-refractivity contribution in [2.75, 3.05) is 50.0 Å². The molecule has 210 valence electrons. The van der Waals surface area contributed by atoms with Gasteiger partial charge in [0.1, 0.15) is 10.0 Å². The highest BCUT2D eigenvalue weighted by atomic mass is 32.2. The number of nitrogens with zero attached hydrogens (tertiary/aromatic N) is 3. The number of rotatable bonds is 8. The molecule has 1 saturated heterocycles. The van der Waals surface area contributed by atoms with Crippen LogP contribution in [-0.2, 0) is 14.8 Å². The predicted octanol–water partition coefficient (Wildman–Crippen LogP) is 1.70. The van der Waals surface area contributed by atoms with Crippen LogP contribution in [0.5, 0.6) is 0 Å². The highest BCUT2D eigenvalue weighted by Gasteiger charge is 2.20. The van der Waals surface area contributed by atoms with Crippen molar-refractivity contribution in [2.45, 2.75) is 11.1 Å². The fraction of sp³-hybridized carbons (Fsp3) is 0.280. The Morgan fingerprint density at radius 3 is 2.58 bits per heavy atom. The van der Waals surface area contributed by atoms with Crippen LogP contribution in [0.25, 0.3) is 16.7 Å². The zero-order valence-corrected chi connectivity index (χ0v) is 23.1. The number of sulfonamides is 1. The molecular formula is C25H27N7O6S2. The summed E-state index contributed by atoms with van der Waals surface area (Å²) in [5.41, 5.74) is 0.0985. The van der Waals surface area contributed by atoms with Gasteiger partial charge in [0.15, 0.2) is 0 Å². The van der Waals surface area contributed by atoms with E-state index in [2.05, 4.69) is 25.5 Å². The van der Waals surface area contributed by atoms with Gasteiger partial charge in [-0.2, -0.15) is 0 Å². The van der Waals surface area contributed by atoms with E-state index in [0.717, 1.165) is 59.3 Å². The number of H-pyrrole nitrogens is 1. The summed E-state index contributed by atoms with van der Waals surface area (Å²) in [7, 11) is -4.02. The number of fused-ring (bicyclic) bond motifs is 1. The topological polar surface area (TPSA) is 168 Å². The number of ether oxygens (including phenoxy) is 1. The predicted molar refractivity (Wildman–Crippen MR) is 152 cm³/mol. The summed E-state index contributed by atoms with van der Waals surface area (Å²) < 4.78 is 32.9. The molecule has 1 aliphatic heterocycles. The van der Waals surface area contributed by atoms with E-state index in [9.17, 15) is 22.8 Å². The Hall–Kier alpha value is -4.05. The number of carbonyl (C=O) groups excluding carboxylic acids is 1. The molecule has 5 rings (SSSR count). The molecule has 0 aliphatic carbocycles. The first-order chi connectivity index (χ1) is 19.2. The monoisotopic (exact) mass is 585 g/mol. The van der Waals surface area contributed by atoms with Gasteiger partial charge in [-0.25, -0.2) is 32.3 Å². The second kappa shape index (κ2) is 11.6. The lowest BCUT2D eigenvalue weighted by molar-refractivity contribution is 0.0398. The first kappa shape index (κ1) is 27.5. The van der Waals surface area contributed by atoms with E-state index < -0.39 is 27.3 Å². The third-order valence-corrected chi connectivity index (χ3v) is 9.02. The molecule has 0 atom stereocenters. The van der Waals surface area contributed by atoms with Crippen LogP contribution in [0.15, 0.2) is 62.5 Å². The standard InChI is InChI=1S/C25H27N7O6S2/c1-16-2-7-22(39-16)40(36,37)30-24(34)28-18-4-6-21(27-15-18)32-23(33)19-5-3-17(14-20(19)29-25(32)35)26-8-9-31-10-12-38-13-11-31/h2-7,14-15,26H,8-13H2,1H3,(H,29,35)(H2,28,30,34). The quantitative estimate of drug-likeness (QED) is 0.241. The van der Waals surface area contributed by atoms with E-state index in [1.807, 2.05) is 4.72 Å². The Balaban J connectivity index is 1.27. The first-order valence-corrected chi connectivity index (χ1v) is 14.7. The van der Waals surface area contributed by atoms with Crippen molar-refractivity contribution in [3.63, 3.8) is 0 Å². The fourth-order valence-corrected chi connectivity index (χ4v) is 6.39. The minimum absolute atomic E-state index is 0.0134. The summed E-state index contributed by atoms with van der Waals surface area (Å²) in [6.07, 6.45) is 1.22. The van der Waals surface area contributed by atoms with Gasteiger partial charge >= 0.3 is 11.7 Å². The summed E-state index contributed by atoms with van der Waals surface area (Å²) in [5.74, 6) is 0.0357. The molecular weight excluding hydrogens is 558 g/mol. The molecule has 0 radical (unpaired) electrons. The molecule has 4 heterocycles. The number of pyridine rings is 1. The molecule has 0 spiro atoms. The summed E-state index contributed by atoms with van der Waals surface area (Å²) in [6, 6.07) is 9.97. The van der Waals surface area contributed by atoms with Crippen molar-refractivity contribution >= 4 is 49.7 Å². The molecule has 1 fully saturated rings. The van der Waals surface area contributed by atoms with Gasteiger partial charge in [-0.05, 0) is 49.4 Å². The number of urea groups is 1. The number of aromatic nitrogens is 3. The molecule has 15 heteroatoms.